The number of aromatic amines is 1. The number of carbonyl (C=O) groups excluding carboxylic acids is 2. The van der Waals surface area contributed by atoms with Crippen LogP contribution in [0.5, 0.6) is 0 Å². The monoisotopic (exact) mass is 351 g/mol. The molecule has 0 spiro atoms. The van der Waals surface area contributed by atoms with E-state index in [4.69, 9.17) is 4.74 Å². The molecular formula is C20H21N3O3. The van der Waals surface area contributed by atoms with Crippen molar-refractivity contribution in [2.75, 3.05) is 7.11 Å². The number of nitrogens with zero attached hydrogens (tertiary/aromatic N) is 1. The van der Waals surface area contributed by atoms with Gasteiger partial charge >= 0.3 is 5.97 Å². The van der Waals surface area contributed by atoms with Gasteiger partial charge in [-0.2, -0.15) is 0 Å². The third-order valence-corrected chi connectivity index (χ3v) is 4.28. The van der Waals surface area contributed by atoms with E-state index in [0.29, 0.717) is 12.8 Å². The SMILES string of the molecule is COC(=O)C(Cc1c[nH]c2ccccc12)NC(=O)CCc1cccnc1. The molecule has 0 aliphatic heterocycles. The molecule has 2 heterocycles. The summed E-state index contributed by atoms with van der Waals surface area (Å²) in [6.07, 6.45) is 6.51. The molecule has 1 amide bonds. The van der Waals surface area contributed by atoms with Gasteiger partial charge in [-0.1, -0.05) is 24.3 Å². The highest BCUT2D eigenvalue weighted by Crippen LogP contribution is 2.19. The van der Waals surface area contributed by atoms with Crippen molar-refractivity contribution in [2.24, 2.45) is 0 Å². The summed E-state index contributed by atoms with van der Waals surface area (Å²) in [4.78, 5) is 31.6. The fourth-order valence-electron chi connectivity index (χ4n) is 2.93. The number of aromatic nitrogens is 2. The summed E-state index contributed by atoms with van der Waals surface area (Å²) in [5.41, 5.74) is 2.94. The van der Waals surface area contributed by atoms with Gasteiger partial charge in [-0.25, -0.2) is 4.79 Å². The first-order valence-corrected chi connectivity index (χ1v) is 8.48. The van der Waals surface area contributed by atoms with E-state index < -0.39 is 12.0 Å². The lowest BCUT2D eigenvalue weighted by atomic mass is 10.0. The van der Waals surface area contributed by atoms with Crippen molar-refractivity contribution < 1.29 is 14.3 Å². The molecule has 1 unspecified atom stereocenters. The number of aryl methyl sites for hydroxylation is 1. The fraction of sp³-hybridized carbons (Fsp3) is 0.250. The molecular weight excluding hydrogens is 330 g/mol. The molecule has 0 saturated carbocycles. The van der Waals surface area contributed by atoms with Crippen molar-refractivity contribution >= 4 is 22.8 Å². The van der Waals surface area contributed by atoms with Gasteiger partial charge in [-0.15, -0.1) is 0 Å². The first-order chi connectivity index (χ1) is 12.7. The van der Waals surface area contributed by atoms with Crippen molar-refractivity contribution in [1.29, 1.82) is 0 Å². The number of para-hydroxylation sites is 1. The minimum absolute atomic E-state index is 0.191. The van der Waals surface area contributed by atoms with E-state index in [0.717, 1.165) is 22.0 Å². The van der Waals surface area contributed by atoms with Crippen LogP contribution in [-0.4, -0.2) is 35.0 Å². The van der Waals surface area contributed by atoms with Crippen LogP contribution in [0.1, 0.15) is 17.5 Å². The molecule has 0 aliphatic rings. The van der Waals surface area contributed by atoms with Crippen LogP contribution >= 0.6 is 0 Å². The van der Waals surface area contributed by atoms with E-state index in [2.05, 4.69) is 15.3 Å². The Morgan fingerprint density at radius 3 is 2.85 bits per heavy atom. The van der Waals surface area contributed by atoms with Crippen LogP contribution in [-0.2, 0) is 27.2 Å². The maximum absolute atomic E-state index is 12.3. The van der Waals surface area contributed by atoms with Crippen LogP contribution in [0.15, 0.2) is 55.0 Å². The first-order valence-electron chi connectivity index (χ1n) is 8.48. The Kier molecular flexibility index (Phi) is 5.63. The lowest BCUT2D eigenvalue weighted by Gasteiger charge is -2.16. The number of nitrogens with one attached hydrogen (secondary N) is 2. The number of hydrogen-bond acceptors (Lipinski definition) is 4. The van der Waals surface area contributed by atoms with E-state index in [1.807, 2.05) is 42.6 Å². The molecule has 0 bridgehead atoms. The van der Waals surface area contributed by atoms with E-state index in [-0.39, 0.29) is 12.3 Å². The van der Waals surface area contributed by atoms with Gasteiger partial charge in [0.1, 0.15) is 6.04 Å². The molecule has 3 aromatic rings. The Balaban J connectivity index is 1.66. The van der Waals surface area contributed by atoms with Gasteiger partial charge in [0, 0.05) is 42.3 Å². The second-order valence-corrected chi connectivity index (χ2v) is 6.07. The molecule has 6 nitrogen and oxygen atoms in total. The zero-order valence-electron chi connectivity index (χ0n) is 14.6. The lowest BCUT2D eigenvalue weighted by molar-refractivity contribution is -0.145. The largest absolute Gasteiger partial charge is 0.467 e. The molecule has 134 valence electrons. The highest BCUT2D eigenvalue weighted by molar-refractivity contribution is 5.87. The highest BCUT2D eigenvalue weighted by atomic mass is 16.5. The Labute approximate surface area is 151 Å². The van der Waals surface area contributed by atoms with E-state index in [1.165, 1.54) is 7.11 Å². The molecule has 0 aliphatic carbocycles. The predicted molar refractivity (Wildman–Crippen MR) is 98.5 cm³/mol. The fourth-order valence-corrected chi connectivity index (χ4v) is 2.93. The number of pyridine rings is 1. The van der Waals surface area contributed by atoms with Gasteiger partial charge in [0.15, 0.2) is 0 Å². The number of carbonyl (C=O) groups is 2. The summed E-state index contributed by atoms with van der Waals surface area (Å²) in [6, 6.07) is 10.9. The zero-order valence-corrected chi connectivity index (χ0v) is 14.6. The number of benzene rings is 1. The summed E-state index contributed by atoms with van der Waals surface area (Å²) >= 11 is 0. The first kappa shape index (κ1) is 17.7. The van der Waals surface area contributed by atoms with Gasteiger partial charge < -0.3 is 15.0 Å². The standard InChI is InChI=1S/C20H21N3O3/c1-26-20(25)18(11-15-13-22-17-7-3-2-6-16(15)17)23-19(24)9-8-14-5-4-10-21-12-14/h2-7,10,12-13,18,22H,8-9,11H2,1H3,(H,23,24). The van der Waals surface area contributed by atoms with Crippen LogP contribution in [0.3, 0.4) is 0 Å². The average Bonchev–Trinajstić information content (AvgIpc) is 3.09. The Hall–Kier alpha value is -3.15. The van der Waals surface area contributed by atoms with Crippen molar-refractivity contribution in [3.8, 4) is 0 Å². The molecule has 1 atom stereocenters. The number of amides is 1. The molecule has 1 aromatic carbocycles. The minimum atomic E-state index is -0.722. The Morgan fingerprint density at radius 2 is 2.08 bits per heavy atom. The third kappa shape index (κ3) is 4.27. The predicted octanol–water partition coefficient (Wildman–Crippen LogP) is 2.40. The second kappa shape index (κ2) is 8.29. The van der Waals surface area contributed by atoms with Crippen molar-refractivity contribution in [1.82, 2.24) is 15.3 Å². The molecule has 0 fully saturated rings. The summed E-state index contributed by atoms with van der Waals surface area (Å²) in [5, 5.41) is 3.83. The zero-order chi connectivity index (χ0) is 18.4. The van der Waals surface area contributed by atoms with Gasteiger partial charge in [-0.3, -0.25) is 9.78 Å². The third-order valence-electron chi connectivity index (χ3n) is 4.28. The molecule has 2 N–H and O–H groups in total. The van der Waals surface area contributed by atoms with Crippen LogP contribution in [0.25, 0.3) is 10.9 Å². The van der Waals surface area contributed by atoms with Crippen LogP contribution in [0.2, 0.25) is 0 Å². The number of rotatable bonds is 7. The maximum Gasteiger partial charge on any atom is 0.328 e. The van der Waals surface area contributed by atoms with E-state index in [1.54, 1.807) is 12.4 Å². The van der Waals surface area contributed by atoms with Crippen LogP contribution < -0.4 is 5.32 Å². The number of H-pyrrole nitrogens is 1. The van der Waals surface area contributed by atoms with Crippen LogP contribution in [0.4, 0.5) is 0 Å². The number of fused-ring (bicyclic) bond motifs is 1. The van der Waals surface area contributed by atoms with Gasteiger partial charge in [0.05, 0.1) is 7.11 Å². The van der Waals surface area contributed by atoms with E-state index >= 15 is 0 Å². The molecule has 26 heavy (non-hydrogen) atoms. The van der Waals surface area contributed by atoms with Crippen molar-refractivity contribution in [3.63, 3.8) is 0 Å². The highest BCUT2D eigenvalue weighted by Gasteiger charge is 2.23. The average molecular weight is 351 g/mol. The Morgan fingerprint density at radius 1 is 1.23 bits per heavy atom. The molecule has 0 radical (unpaired) electrons. The number of methoxy groups -OCH3 is 1. The van der Waals surface area contributed by atoms with Gasteiger partial charge in [-0.05, 0) is 29.7 Å². The summed E-state index contributed by atoms with van der Waals surface area (Å²) in [7, 11) is 1.33. The van der Waals surface area contributed by atoms with Crippen LogP contribution in [0, 0.1) is 0 Å². The maximum atomic E-state index is 12.3. The molecule has 6 heteroatoms. The van der Waals surface area contributed by atoms with Crippen molar-refractivity contribution in [2.45, 2.75) is 25.3 Å². The quantitative estimate of drug-likeness (QED) is 0.640. The molecule has 0 saturated heterocycles. The summed E-state index contributed by atoms with van der Waals surface area (Å²) in [6.45, 7) is 0. The number of ether oxygens (including phenoxy) is 1. The molecule has 2 aromatic heterocycles. The van der Waals surface area contributed by atoms with Gasteiger partial charge in [0.25, 0.3) is 0 Å². The second-order valence-electron chi connectivity index (χ2n) is 6.07. The molecule has 3 rings (SSSR count). The summed E-state index contributed by atoms with van der Waals surface area (Å²) in [5.74, 6) is -0.644. The topological polar surface area (TPSA) is 84.1 Å². The lowest BCUT2D eigenvalue weighted by Crippen LogP contribution is -2.43. The summed E-state index contributed by atoms with van der Waals surface area (Å²) < 4.78 is 4.86. The minimum Gasteiger partial charge on any atom is -0.467 e. The Bertz CT molecular complexity index is 889. The van der Waals surface area contributed by atoms with E-state index in [9.17, 15) is 9.59 Å². The van der Waals surface area contributed by atoms with Gasteiger partial charge in [0.2, 0.25) is 5.91 Å². The normalized spacial score (nSPS) is 11.9. The smallest absolute Gasteiger partial charge is 0.328 e. The number of esters is 1. The number of hydrogen-bond donors (Lipinski definition) is 2. The van der Waals surface area contributed by atoms with Crippen molar-refractivity contribution in [3.05, 3.63) is 66.1 Å².